The predicted molar refractivity (Wildman–Crippen MR) is 437 cm³/mol. The molecule has 0 fully saturated rings. The summed E-state index contributed by atoms with van der Waals surface area (Å²) in [6, 6.07) is 161. The fourth-order valence-electron chi connectivity index (χ4n) is 18.4. The molecule has 3 aliphatic carbocycles. The topological polar surface area (TPSA) is 4.93 Å². The van der Waals surface area contributed by atoms with Gasteiger partial charge in [-0.15, -0.1) is 0 Å². The van der Waals surface area contributed by atoms with Gasteiger partial charge in [-0.05, 0) is 148 Å². The van der Waals surface area contributed by atoms with Crippen LogP contribution in [0, 0.1) is 0 Å². The van der Waals surface area contributed by atoms with Crippen LogP contribution in [0.5, 0.6) is 0 Å². The second-order valence-electron chi connectivity index (χ2n) is 27.6. The number of benzene rings is 16. The minimum Gasteiger partial charge on any atom is -0.309 e. The Morgan fingerprint density at radius 1 is 0.186 bits per heavy atom. The lowest BCUT2D eigenvalue weighted by atomic mass is 9.60. The van der Waals surface area contributed by atoms with Gasteiger partial charge in [0.15, 0.2) is 24.2 Å². The van der Waals surface area contributed by atoms with E-state index in [1.807, 2.05) is 0 Å². The summed E-state index contributed by atoms with van der Waals surface area (Å²) in [6.07, 6.45) is 0. The van der Waals surface area contributed by atoms with Gasteiger partial charge < -0.3 is 4.57 Å². The molecule has 2 bridgehead atoms. The summed E-state index contributed by atoms with van der Waals surface area (Å²) in [4.78, 5) is 0. The van der Waals surface area contributed by atoms with E-state index in [9.17, 15) is 0 Å². The highest BCUT2D eigenvalue weighted by Crippen LogP contribution is 2.58. The van der Waals surface area contributed by atoms with Gasteiger partial charge in [-0.2, -0.15) is 0 Å². The molecule has 0 N–H and O–H groups in total. The number of nitrogens with zero attached hydrogens (tertiary/aromatic N) is 1. The van der Waals surface area contributed by atoms with Crippen LogP contribution in [0.25, 0.3) is 49.7 Å². The van der Waals surface area contributed by atoms with Crippen LogP contribution < -0.4 is 62.2 Å². The number of para-hydroxylation sites is 1. The Bertz CT molecular complexity index is 5470. The lowest BCUT2D eigenvalue weighted by Crippen LogP contribution is -2.75. The quantitative estimate of drug-likeness (QED) is 0.0712. The van der Waals surface area contributed by atoms with Crippen molar-refractivity contribution in [3.05, 3.63) is 452 Å². The molecule has 20 rings (SSSR count). The zero-order chi connectivity index (χ0) is 67.6. The van der Waals surface area contributed by atoms with Gasteiger partial charge in [0, 0.05) is 28.3 Å². The highest BCUT2D eigenvalue weighted by molar-refractivity contribution is 7.21. The van der Waals surface area contributed by atoms with Crippen LogP contribution in [0.1, 0.15) is 45.2 Å². The molecular weight excluding hydrogens is 1280 g/mol. The maximum Gasteiger partial charge on any atom is 0.179 e. The average molecular weight is 1350 g/mol. The molecule has 0 radical (unpaired) electrons. The van der Waals surface area contributed by atoms with Crippen molar-refractivity contribution in [1.29, 1.82) is 0 Å². The van der Waals surface area contributed by atoms with Gasteiger partial charge in [0.05, 0.1) is 11.0 Å². The van der Waals surface area contributed by atoms with Gasteiger partial charge in [0.1, 0.15) is 0 Å². The summed E-state index contributed by atoms with van der Waals surface area (Å²) in [5.41, 5.74) is 16.9. The third kappa shape index (κ3) is 9.55. The highest BCUT2D eigenvalue weighted by atomic mass is 28.3. The lowest BCUT2D eigenvalue weighted by molar-refractivity contribution is 0.761. The molecule has 102 heavy (non-hydrogen) atoms. The fraction of sp³-hybridized carbons (Fsp3) is 0.0204. The third-order valence-corrected chi connectivity index (χ3v) is 36.8. The van der Waals surface area contributed by atoms with Crippen LogP contribution >= 0.6 is 0 Å². The molecule has 0 saturated carbocycles. The van der Waals surface area contributed by atoms with Crippen molar-refractivity contribution < 1.29 is 0 Å². The van der Waals surface area contributed by atoms with E-state index in [1.165, 1.54) is 140 Å². The van der Waals surface area contributed by atoms with Gasteiger partial charge in [-0.25, -0.2) is 0 Å². The maximum absolute atomic E-state index is 3.43. The monoisotopic (exact) mass is 1350 g/mol. The average Bonchev–Trinajstić information content (AvgIpc) is 1.32. The normalized spacial score (nSPS) is 13.9. The Labute approximate surface area is 600 Å². The molecule has 0 spiro atoms. The SMILES string of the molecule is c1ccc([Si](c2ccccc2)(c2ccccc2)c2cccc(-c3cc(-c4cccc([Si](c5ccccc5)(c5ccccc5)c5ccccc5)c4)cc([Si](c4ccccc4)(c4ccccc4)c4cccc(-n5c6ccccc6c6c7c(ccc65)C5c6ccccc6C7c6ccccc65)c4)c3)c2)cc1. The van der Waals surface area contributed by atoms with Crippen LogP contribution in [-0.4, -0.2) is 28.8 Å². The molecule has 0 unspecified atom stereocenters. The molecule has 3 aliphatic rings. The first-order chi connectivity index (χ1) is 50.6. The third-order valence-electron chi connectivity index (χ3n) is 22.6. The first kappa shape index (κ1) is 61.1. The fourth-order valence-corrected chi connectivity index (χ4v) is 32.9. The maximum atomic E-state index is 2.61. The van der Waals surface area contributed by atoms with E-state index in [4.69, 9.17) is 0 Å². The second kappa shape index (κ2) is 25.3. The van der Waals surface area contributed by atoms with E-state index in [0.717, 1.165) is 5.69 Å². The van der Waals surface area contributed by atoms with Crippen molar-refractivity contribution in [3.63, 3.8) is 0 Å². The van der Waals surface area contributed by atoms with Crippen molar-refractivity contribution >= 4 is 108 Å². The predicted octanol–water partition coefficient (Wildman–Crippen LogP) is 15.2. The standard InChI is InChI=1S/C98H71NSi3/c1-9-37-75(38-10-1)100(76-39-11-2-12-40-76,77-41-13-3-14-42-77)83-53-31-34-70(65-83)72-64-73(71-35-32-54-84(66-71)101(78-43-15-4-16-44-78,79-45-17-5-18-46-79)80-47-19-6-20-48-80)68-86(67-72)102(81-49-21-7-22-50-81,82-51-23-8-24-52-82)85-55-33-36-74(69-85)99-93-61-30-29-60-91(93)97-94(99)63-62-92-95-87-56-25-27-58-89(87)96(98(92)97)90-59-28-26-57-88(90)95/h1-69,95-96H. The molecule has 480 valence electrons. The number of hydrogen-bond donors (Lipinski definition) is 0. The van der Waals surface area contributed by atoms with Gasteiger partial charge in [-0.1, -0.05) is 388 Å². The zero-order valence-electron chi connectivity index (χ0n) is 56.4. The number of aromatic nitrogens is 1. The van der Waals surface area contributed by atoms with Gasteiger partial charge >= 0.3 is 0 Å². The summed E-state index contributed by atoms with van der Waals surface area (Å²) < 4.78 is 2.59. The van der Waals surface area contributed by atoms with Crippen molar-refractivity contribution in [3.8, 4) is 27.9 Å². The summed E-state index contributed by atoms with van der Waals surface area (Å²) in [5, 5.41) is 18.6. The van der Waals surface area contributed by atoms with Crippen LogP contribution in [0.15, 0.2) is 419 Å². The molecule has 4 heteroatoms. The minimum absolute atomic E-state index is 0.119. The molecule has 17 aromatic rings. The summed E-state index contributed by atoms with van der Waals surface area (Å²) in [6.45, 7) is 0. The Balaban J connectivity index is 0.887. The molecule has 1 aromatic heterocycles. The van der Waals surface area contributed by atoms with Gasteiger partial charge in [0.25, 0.3) is 0 Å². The zero-order valence-corrected chi connectivity index (χ0v) is 59.4. The Kier molecular flexibility index (Phi) is 15.2. The van der Waals surface area contributed by atoms with Gasteiger partial charge in [-0.3, -0.25) is 0 Å². The number of hydrogen-bond acceptors (Lipinski definition) is 0. The first-order valence-corrected chi connectivity index (χ1v) is 41.8. The van der Waals surface area contributed by atoms with E-state index in [-0.39, 0.29) is 11.8 Å². The molecule has 1 nitrogen and oxygen atoms in total. The van der Waals surface area contributed by atoms with Crippen LogP contribution in [-0.2, 0) is 0 Å². The van der Waals surface area contributed by atoms with Crippen molar-refractivity contribution in [2.45, 2.75) is 11.8 Å². The Hall–Kier alpha value is -12.0. The summed E-state index contributed by atoms with van der Waals surface area (Å²) in [7, 11) is -9.39. The molecule has 0 saturated heterocycles. The number of rotatable bonds is 15. The second-order valence-corrected chi connectivity index (χ2v) is 39.1. The van der Waals surface area contributed by atoms with Crippen molar-refractivity contribution in [2.75, 3.05) is 0 Å². The lowest BCUT2D eigenvalue weighted by Gasteiger charge is -2.42. The van der Waals surface area contributed by atoms with E-state index in [2.05, 4.69) is 423 Å². The molecule has 0 amide bonds. The van der Waals surface area contributed by atoms with E-state index >= 15 is 0 Å². The minimum atomic E-state index is -3.43. The summed E-state index contributed by atoms with van der Waals surface area (Å²) in [5.74, 6) is 0.289. The Morgan fingerprint density at radius 3 is 0.882 bits per heavy atom. The van der Waals surface area contributed by atoms with Gasteiger partial charge in [0.2, 0.25) is 0 Å². The molecule has 0 atom stereocenters. The molecule has 16 aromatic carbocycles. The smallest absolute Gasteiger partial charge is 0.179 e. The van der Waals surface area contributed by atoms with E-state index in [1.54, 1.807) is 0 Å². The molecule has 0 aliphatic heterocycles. The van der Waals surface area contributed by atoms with Crippen LogP contribution in [0.2, 0.25) is 0 Å². The highest BCUT2D eigenvalue weighted by Gasteiger charge is 2.47. The van der Waals surface area contributed by atoms with E-state index < -0.39 is 24.2 Å². The molecular formula is C98H71NSi3. The van der Waals surface area contributed by atoms with Crippen molar-refractivity contribution in [2.24, 2.45) is 0 Å². The summed E-state index contributed by atoms with van der Waals surface area (Å²) >= 11 is 0. The van der Waals surface area contributed by atoms with Crippen LogP contribution in [0.3, 0.4) is 0 Å². The Morgan fingerprint density at radius 2 is 0.490 bits per heavy atom. The van der Waals surface area contributed by atoms with E-state index in [0.29, 0.717) is 0 Å². The number of fused-ring (bicyclic) bond motifs is 3. The first-order valence-electron chi connectivity index (χ1n) is 35.8. The molecule has 1 heterocycles. The largest absolute Gasteiger partial charge is 0.309 e. The van der Waals surface area contributed by atoms with Crippen molar-refractivity contribution in [1.82, 2.24) is 4.57 Å². The van der Waals surface area contributed by atoms with Crippen LogP contribution in [0.4, 0.5) is 0 Å².